The van der Waals surface area contributed by atoms with Crippen LogP contribution in [0.25, 0.3) is 0 Å². The van der Waals surface area contributed by atoms with E-state index in [9.17, 15) is 0 Å². The Balaban J connectivity index is 3.77. The first-order chi connectivity index (χ1) is 5.04. The largest absolute Gasteiger partial charge is 0.417 e. The molecule has 68 valence electrons. The molecule has 0 bridgehead atoms. The van der Waals surface area contributed by atoms with Crippen LogP contribution in [0.5, 0.6) is 0 Å². The summed E-state index contributed by atoms with van der Waals surface area (Å²) in [4.78, 5) is 0. The summed E-state index contributed by atoms with van der Waals surface area (Å²) in [6, 6.07) is 0. The van der Waals surface area contributed by atoms with Crippen molar-refractivity contribution in [1.82, 2.24) is 0 Å². The van der Waals surface area contributed by atoms with Crippen LogP contribution in [0.1, 0.15) is 20.3 Å². The number of hydrogen-bond donors (Lipinski definition) is 1. The molecule has 1 unspecified atom stereocenters. The Morgan fingerprint density at radius 3 is 2.36 bits per heavy atom. The minimum atomic E-state index is -1.45. The predicted octanol–water partition coefficient (Wildman–Crippen LogP) is 1.97. The molecule has 0 aromatic carbocycles. The number of rotatable bonds is 5. The molecular formula is C8H21NOSi. The van der Waals surface area contributed by atoms with Gasteiger partial charge >= 0.3 is 0 Å². The lowest BCUT2D eigenvalue weighted by Crippen LogP contribution is -2.38. The van der Waals surface area contributed by atoms with Crippen LogP contribution in [-0.4, -0.2) is 21.5 Å². The molecule has 0 heterocycles. The van der Waals surface area contributed by atoms with Crippen LogP contribution in [0.2, 0.25) is 18.6 Å². The Morgan fingerprint density at radius 1 is 1.45 bits per heavy atom. The van der Waals surface area contributed by atoms with E-state index in [-0.39, 0.29) is 0 Å². The van der Waals surface area contributed by atoms with Crippen LogP contribution in [0.3, 0.4) is 0 Å². The highest BCUT2D eigenvalue weighted by Crippen LogP contribution is 2.20. The van der Waals surface area contributed by atoms with E-state index < -0.39 is 8.32 Å². The lowest BCUT2D eigenvalue weighted by atomic mass is 10.5. The minimum absolute atomic E-state index is 0.564. The summed E-state index contributed by atoms with van der Waals surface area (Å²) >= 11 is 0. The summed E-state index contributed by atoms with van der Waals surface area (Å²) in [5, 5.41) is 0. The molecule has 11 heavy (non-hydrogen) atoms. The topological polar surface area (TPSA) is 35.2 Å². The molecule has 0 aromatic rings. The molecule has 0 saturated carbocycles. The first kappa shape index (κ1) is 11.1. The average Bonchev–Trinajstić information content (AvgIpc) is 1.99. The van der Waals surface area contributed by atoms with Crippen molar-refractivity contribution in [3.8, 4) is 0 Å². The van der Waals surface area contributed by atoms with Gasteiger partial charge in [-0.15, -0.1) is 0 Å². The SMILES string of the molecule is CCCO[Si](C)(C)C(C)CN. The molecule has 2 N–H and O–H groups in total. The van der Waals surface area contributed by atoms with Crippen molar-refractivity contribution in [2.45, 2.75) is 38.9 Å². The molecule has 0 radical (unpaired) electrons. The van der Waals surface area contributed by atoms with Gasteiger partial charge in [-0.05, 0) is 31.6 Å². The minimum Gasteiger partial charge on any atom is -0.417 e. The van der Waals surface area contributed by atoms with Gasteiger partial charge in [-0.25, -0.2) is 0 Å². The zero-order valence-electron chi connectivity index (χ0n) is 8.18. The third kappa shape index (κ3) is 3.89. The van der Waals surface area contributed by atoms with Crippen LogP contribution in [0, 0.1) is 0 Å². The van der Waals surface area contributed by atoms with E-state index in [2.05, 4.69) is 26.9 Å². The molecular weight excluding hydrogens is 154 g/mol. The van der Waals surface area contributed by atoms with Crippen molar-refractivity contribution in [2.75, 3.05) is 13.2 Å². The van der Waals surface area contributed by atoms with Gasteiger partial charge in [0.2, 0.25) is 0 Å². The fourth-order valence-electron chi connectivity index (χ4n) is 0.791. The Kier molecular flexibility index (Phi) is 4.96. The van der Waals surface area contributed by atoms with Gasteiger partial charge in [0, 0.05) is 6.61 Å². The highest BCUT2D eigenvalue weighted by molar-refractivity contribution is 6.72. The first-order valence-electron chi connectivity index (χ1n) is 4.38. The highest BCUT2D eigenvalue weighted by atomic mass is 28.4. The van der Waals surface area contributed by atoms with Crippen molar-refractivity contribution in [3.63, 3.8) is 0 Å². The van der Waals surface area contributed by atoms with E-state index in [0.717, 1.165) is 19.6 Å². The van der Waals surface area contributed by atoms with Gasteiger partial charge in [0.1, 0.15) is 0 Å². The quantitative estimate of drug-likeness (QED) is 0.648. The van der Waals surface area contributed by atoms with E-state index >= 15 is 0 Å². The van der Waals surface area contributed by atoms with Crippen LogP contribution in [0.15, 0.2) is 0 Å². The van der Waals surface area contributed by atoms with Gasteiger partial charge in [-0.1, -0.05) is 13.8 Å². The molecule has 0 aromatic heterocycles. The monoisotopic (exact) mass is 175 g/mol. The second-order valence-corrected chi connectivity index (χ2v) is 8.07. The summed E-state index contributed by atoms with van der Waals surface area (Å²) in [7, 11) is -1.45. The maximum absolute atomic E-state index is 5.79. The predicted molar refractivity (Wildman–Crippen MR) is 52.2 cm³/mol. The summed E-state index contributed by atoms with van der Waals surface area (Å²) in [6.45, 7) is 10.4. The molecule has 0 rings (SSSR count). The summed E-state index contributed by atoms with van der Waals surface area (Å²) in [5.41, 5.74) is 6.15. The van der Waals surface area contributed by atoms with Crippen molar-refractivity contribution in [1.29, 1.82) is 0 Å². The molecule has 0 amide bonds. The Labute approximate surface area is 71.3 Å². The molecule has 0 spiro atoms. The van der Waals surface area contributed by atoms with Crippen LogP contribution in [-0.2, 0) is 4.43 Å². The maximum atomic E-state index is 5.79. The first-order valence-corrected chi connectivity index (χ1v) is 7.37. The standard InChI is InChI=1S/C8H21NOSi/c1-5-6-10-11(3,4)8(2)7-9/h8H,5-7,9H2,1-4H3. The molecule has 0 aliphatic heterocycles. The summed E-state index contributed by atoms with van der Waals surface area (Å²) in [6.07, 6.45) is 1.10. The molecule has 0 fully saturated rings. The lowest BCUT2D eigenvalue weighted by Gasteiger charge is -2.28. The van der Waals surface area contributed by atoms with Crippen molar-refractivity contribution >= 4 is 8.32 Å². The van der Waals surface area contributed by atoms with Crippen molar-refractivity contribution in [2.24, 2.45) is 5.73 Å². The molecule has 0 saturated heterocycles. The molecule has 2 nitrogen and oxygen atoms in total. The third-order valence-corrected chi connectivity index (χ3v) is 5.78. The van der Waals surface area contributed by atoms with Gasteiger partial charge < -0.3 is 10.2 Å². The van der Waals surface area contributed by atoms with Crippen molar-refractivity contribution in [3.05, 3.63) is 0 Å². The second kappa shape index (κ2) is 4.90. The van der Waals surface area contributed by atoms with E-state index in [1.54, 1.807) is 0 Å². The molecule has 0 aliphatic carbocycles. The smallest absolute Gasteiger partial charge is 0.190 e. The van der Waals surface area contributed by atoms with Crippen molar-refractivity contribution < 1.29 is 4.43 Å². The molecule has 3 heteroatoms. The van der Waals surface area contributed by atoms with Gasteiger partial charge in [-0.2, -0.15) is 0 Å². The zero-order valence-corrected chi connectivity index (χ0v) is 9.18. The average molecular weight is 175 g/mol. The van der Waals surface area contributed by atoms with Gasteiger partial charge in [0.15, 0.2) is 8.32 Å². The fourth-order valence-corrected chi connectivity index (χ4v) is 2.37. The zero-order chi connectivity index (χ0) is 8.91. The Morgan fingerprint density at radius 2 is 2.00 bits per heavy atom. The maximum Gasteiger partial charge on any atom is 0.190 e. The Bertz CT molecular complexity index is 106. The van der Waals surface area contributed by atoms with Gasteiger partial charge in [0.25, 0.3) is 0 Å². The van der Waals surface area contributed by atoms with Crippen LogP contribution >= 0.6 is 0 Å². The molecule has 1 atom stereocenters. The van der Waals surface area contributed by atoms with Gasteiger partial charge in [-0.3, -0.25) is 0 Å². The highest BCUT2D eigenvalue weighted by Gasteiger charge is 2.28. The van der Waals surface area contributed by atoms with E-state index in [1.807, 2.05) is 0 Å². The third-order valence-electron chi connectivity index (χ3n) is 2.22. The van der Waals surface area contributed by atoms with Crippen LogP contribution < -0.4 is 5.73 Å². The molecule has 0 aliphatic rings. The Hall–Kier alpha value is 0.137. The summed E-state index contributed by atoms with van der Waals surface area (Å²) in [5.74, 6) is 0. The number of hydrogen-bond acceptors (Lipinski definition) is 2. The normalized spacial score (nSPS) is 15.0. The van der Waals surface area contributed by atoms with Gasteiger partial charge in [0.05, 0.1) is 0 Å². The lowest BCUT2D eigenvalue weighted by molar-refractivity contribution is 0.299. The number of nitrogens with two attached hydrogens (primary N) is 1. The second-order valence-electron chi connectivity index (χ2n) is 3.59. The van der Waals surface area contributed by atoms with Crippen LogP contribution in [0.4, 0.5) is 0 Å². The van der Waals surface area contributed by atoms with E-state index in [4.69, 9.17) is 10.2 Å². The summed E-state index contributed by atoms with van der Waals surface area (Å²) < 4.78 is 5.79. The van der Waals surface area contributed by atoms with E-state index in [0.29, 0.717) is 5.54 Å². The van der Waals surface area contributed by atoms with E-state index in [1.165, 1.54) is 0 Å². The fraction of sp³-hybridized carbons (Fsp3) is 1.00.